The molecule has 1 aromatic rings. The Balaban J connectivity index is 1.33. The van der Waals surface area contributed by atoms with Gasteiger partial charge in [-0.1, -0.05) is 12.1 Å². The normalized spacial score (nSPS) is 18.5. The number of carbonyl (C=O) groups is 3. The SMILES string of the molecule is O=C(CSCC(=O)N1CCOCC1)NNC(=O)C1COc2ccccc2O1. The zero-order valence-corrected chi connectivity index (χ0v) is 15.5. The van der Waals surface area contributed by atoms with E-state index in [1.54, 1.807) is 23.1 Å². The summed E-state index contributed by atoms with van der Waals surface area (Å²) in [5, 5.41) is 0. The lowest BCUT2D eigenvalue weighted by atomic mass is 10.2. The van der Waals surface area contributed by atoms with Gasteiger partial charge in [0.2, 0.25) is 17.9 Å². The maximum atomic E-state index is 12.1. The molecule has 1 fully saturated rings. The number of hydrazine groups is 1. The van der Waals surface area contributed by atoms with Gasteiger partial charge in [0.15, 0.2) is 11.5 Å². The third-order valence-corrected chi connectivity index (χ3v) is 4.87. The molecule has 0 aromatic heterocycles. The van der Waals surface area contributed by atoms with E-state index in [2.05, 4.69) is 10.9 Å². The summed E-state index contributed by atoms with van der Waals surface area (Å²) < 4.78 is 16.2. The van der Waals surface area contributed by atoms with Crippen LogP contribution in [0.2, 0.25) is 0 Å². The molecule has 27 heavy (non-hydrogen) atoms. The Hall–Kier alpha value is -2.46. The molecule has 1 unspecified atom stereocenters. The van der Waals surface area contributed by atoms with Gasteiger partial charge in [0.25, 0.3) is 5.91 Å². The first-order valence-electron chi connectivity index (χ1n) is 8.54. The molecule has 2 heterocycles. The zero-order valence-electron chi connectivity index (χ0n) is 14.6. The maximum Gasteiger partial charge on any atom is 0.283 e. The van der Waals surface area contributed by atoms with E-state index in [1.165, 1.54) is 11.8 Å². The molecule has 10 heteroatoms. The van der Waals surface area contributed by atoms with E-state index in [0.717, 1.165) is 0 Å². The second-order valence-electron chi connectivity index (χ2n) is 5.89. The third-order valence-electron chi connectivity index (χ3n) is 3.95. The van der Waals surface area contributed by atoms with Crippen LogP contribution in [0.25, 0.3) is 0 Å². The van der Waals surface area contributed by atoms with Crippen molar-refractivity contribution in [3.05, 3.63) is 24.3 Å². The highest BCUT2D eigenvalue weighted by Gasteiger charge is 2.27. The van der Waals surface area contributed by atoms with Crippen LogP contribution in [0.5, 0.6) is 11.5 Å². The molecule has 3 rings (SSSR count). The van der Waals surface area contributed by atoms with Crippen LogP contribution in [-0.4, -0.2) is 73.1 Å². The zero-order chi connectivity index (χ0) is 19.1. The smallest absolute Gasteiger partial charge is 0.283 e. The fourth-order valence-electron chi connectivity index (χ4n) is 2.53. The largest absolute Gasteiger partial charge is 0.485 e. The van der Waals surface area contributed by atoms with E-state index in [4.69, 9.17) is 14.2 Å². The first kappa shape index (κ1) is 19.3. The monoisotopic (exact) mass is 395 g/mol. The highest BCUT2D eigenvalue weighted by molar-refractivity contribution is 8.00. The molecule has 0 saturated carbocycles. The van der Waals surface area contributed by atoms with Crippen LogP contribution in [0.1, 0.15) is 0 Å². The minimum absolute atomic E-state index is 0.0217. The van der Waals surface area contributed by atoms with Gasteiger partial charge >= 0.3 is 0 Å². The summed E-state index contributed by atoms with van der Waals surface area (Å²) >= 11 is 1.19. The summed E-state index contributed by atoms with van der Waals surface area (Å²) in [6.45, 7) is 2.30. The summed E-state index contributed by atoms with van der Waals surface area (Å²) in [4.78, 5) is 37.6. The van der Waals surface area contributed by atoms with E-state index in [1.807, 2.05) is 6.07 Å². The summed E-state index contributed by atoms with van der Waals surface area (Å²) in [6.07, 6.45) is -0.851. The summed E-state index contributed by atoms with van der Waals surface area (Å²) in [6, 6.07) is 7.04. The van der Waals surface area contributed by atoms with Gasteiger partial charge in [-0.3, -0.25) is 25.2 Å². The molecule has 2 aliphatic heterocycles. The summed E-state index contributed by atoms with van der Waals surface area (Å²) in [5.74, 6) is 0.386. The first-order chi connectivity index (χ1) is 13.1. The Morgan fingerprint density at radius 3 is 2.59 bits per heavy atom. The minimum atomic E-state index is -0.851. The molecule has 2 aliphatic rings. The van der Waals surface area contributed by atoms with Crippen molar-refractivity contribution in [2.24, 2.45) is 0 Å². The molecule has 1 atom stereocenters. The molecule has 0 radical (unpaired) electrons. The Morgan fingerprint density at radius 1 is 1.07 bits per heavy atom. The lowest BCUT2D eigenvalue weighted by Crippen LogP contribution is -2.51. The number of thioether (sulfide) groups is 1. The summed E-state index contributed by atoms with van der Waals surface area (Å²) in [5.41, 5.74) is 4.63. The van der Waals surface area contributed by atoms with E-state index >= 15 is 0 Å². The predicted octanol–water partition coefficient (Wildman–Crippen LogP) is -0.434. The van der Waals surface area contributed by atoms with Gasteiger partial charge in [-0.05, 0) is 12.1 Å². The number of rotatable bonds is 5. The van der Waals surface area contributed by atoms with Crippen molar-refractivity contribution < 1.29 is 28.6 Å². The number of amides is 3. The van der Waals surface area contributed by atoms with Gasteiger partial charge in [0, 0.05) is 13.1 Å². The Morgan fingerprint density at radius 2 is 1.81 bits per heavy atom. The number of hydrogen-bond acceptors (Lipinski definition) is 7. The van der Waals surface area contributed by atoms with Crippen molar-refractivity contribution >= 4 is 29.5 Å². The van der Waals surface area contributed by atoms with Crippen LogP contribution in [0, 0.1) is 0 Å². The number of nitrogens with one attached hydrogen (secondary N) is 2. The number of morpholine rings is 1. The fourth-order valence-corrected chi connectivity index (χ4v) is 3.25. The standard InChI is InChI=1S/C17H21N3O6S/c21-15(10-27-11-16(22)20-5-7-24-8-6-20)18-19-17(23)14-9-25-12-3-1-2-4-13(12)26-14/h1-4,14H,5-11H2,(H,18,21)(H,19,23). The van der Waals surface area contributed by atoms with Crippen molar-refractivity contribution in [3.8, 4) is 11.5 Å². The predicted molar refractivity (Wildman–Crippen MR) is 97.4 cm³/mol. The van der Waals surface area contributed by atoms with Crippen molar-refractivity contribution in [1.29, 1.82) is 0 Å². The molecule has 1 saturated heterocycles. The van der Waals surface area contributed by atoms with Gasteiger partial charge in [-0.15, -0.1) is 11.8 Å². The van der Waals surface area contributed by atoms with Crippen LogP contribution < -0.4 is 20.3 Å². The molecule has 0 aliphatic carbocycles. The molecule has 146 valence electrons. The van der Waals surface area contributed by atoms with Gasteiger partial charge in [-0.25, -0.2) is 0 Å². The lowest BCUT2D eigenvalue weighted by Gasteiger charge is -2.26. The maximum absolute atomic E-state index is 12.1. The number of carbonyl (C=O) groups excluding carboxylic acids is 3. The quantitative estimate of drug-likeness (QED) is 0.652. The highest BCUT2D eigenvalue weighted by Crippen LogP contribution is 2.30. The van der Waals surface area contributed by atoms with Crippen LogP contribution in [-0.2, 0) is 19.1 Å². The number of hydrogen-bond donors (Lipinski definition) is 2. The Labute approximate surface area is 160 Å². The van der Waals surface area contributed by atoms with Gasteiger partial charge in [-0.2, -0.15) is 0 Å². The topological polar surface area (TPSA) is 106 Å². The lowest BCUT2D eigenvalue weighted by molar-refractivity contribution is -0.134. The van der Waals surface area contributed by atoms with Crippen molar-refractivity contribution in [3.63, 3.8) is 0 Å². The number of nitrogens with zero attached hydrogens (tertiary/aromatic N) is 1. The van der Waals surface area contributed by atoms with Crippen LogP contribution in [0.3, 0.4) is 0 Å². The molecule has 0 spiro atoms. The van der Waals surface area contributed by atoms with Crippen molar-refractivity contribution in [2.45, 2.75) is 6.10 Å². The van der Waals surface area contributed by atoms with Crippen molar-refractivity contribution in [2.75, 3.05) is 44.4 Å². The van der Waals surface area contributed by atoms with Crippen LogP contribution in [0.4, 0.5) is 0 Å². The van der Waals surface area contributed by atoms with E-state index < -0.39 is 17.9 Å². The average molecular weight is 395 g/mol. The molecule has 9 nitrogen and oxygen atoms in total. The Bertz CT molecular complexity index is 695. The molecule has 1 aromatic carbocycles. The number of ether oxygens (including phenoxy) is 3. The van der Waals surface area contributed by atoms with E-state index in [9.17, 15) is 14.4 Å². The highest BCUT2D eigenvalue weighted by atomic mass is 32.2. The number of fused-ring (bicyclic) bond motifs is 1. The first-order valence-corrected chi connectivity index (χ1v) is 9.69. The minimum Gasteiger partial charge on any atom is -0.485 e. The second-order valence-corrected chi connectivity index (χ2v) is 6.87. The molecular weight excluding hydrogens is 374 g/mol. The van der Waals surface area contributed by atoms with Crippen LogP contribution >= 0.6 is 11.8 Å². The third kappa shape index (κ3) is 5.51. The van der Waals surface area contributed by atoms with E-state index in [-0.39, 0.29) is 24.0 Å². The average Bonchev–Trinajstić information content (AvgIpc) is 2.72. The van der Waals surface area contributed by atoms with Crippen molar-refractivity contribution in [1.82, 2.24) is 15.8 Å². The molecule has 2 N–H and O–H groups in total. The number of para-hydroxylation sites is 2. The fraction of sp³-hybridized carbons (Fsp3) is 0.471. The van der Waals surface area contributed by atoms with Crippen LogP contribution in [0.15, 0.2) is 24.3 Å². The molecule has 0 bridgehead atoms. The van der Waals surface area contributed by atoms with Gasteiger partial charge < -0.3 is 19.1 Å². The molecule has 3 amide bonds. The Kier molecular flexibility index (Phi) is 6.77. The van der Waals surface area contributed by atoms with Gasteiger partial charge in [0.1, 0.15) is 6.61 Å². The summed E-state index contributed by atoms with van der Waals surface area (Å²) in [7, 11) is 0. The van der Waals surface area contributed by atoms with Gasteiger partial charge in [0.05, 0.1) is 24.7 Å². The molecular formula is C17H21N3O6S. The van der Waals surface area contributed by atoms with E-state index in [0.29, 0.717) is 37.8 Å². The second kappa shape index (κ2) is 9.47. The number of benzene rings is 1.